The fraction of sp³-hybridized carbons (Fsp3) is 0.909. The summed E-state index contributed by atoms with van der Waals surface area (Å²) in [5, 5.41) is 3.04. The largest absolute Gasteiger partial charge is 0.381 e. The Morgan fingerprint density at radius 2 is 2.06 bits per heavy atom. The van der Waals surface area contributed by atoms with Crippen LogP contribution < -0.4 is 5.32 Å². The molecule has 0 aromatic carbocycles. The van der Waals surface area contributed by atoms with E-state index in [0.717, 1.165) is 32.5 Å². The van der Waals surface area contributed by atoms with Crippen LogP contribution in [0.25, 0.3) is 0 Å². The van der Waals surface area contributed by atoms with Gasteiger partial charge in [-0.3, -0.25) is 4.79 Å². The number of piperidine rings is 1. The number of nitrogens with zero attached hydrogens (tertiary/aromatic N) is 1. The monoisotopic (exact) mass is 250 g/mol. The quantitative estimate of drug-likeness (QED) is 0.806. The second kappa shape index (κ2) is 7.87. The van der Waals surface area contributed by atoms with Crippen molar-refractivity contribution < 1.29 is 9.53 Å². The number of hydrogen-bond acceptors (Lipinski definition) is 3. The number of likely N-dealkylation sites (tertiary alicyclic amines) is 1. The van der Waals surface area contributed by atoms with E-state index >= 15 is 0 Å². The Kier molecular flexibility index (Phi) is 7.72. The number of carbonyl (C=O) groups is 1. The predicted octanol–water partition coefficient (Wildman–Crippen LogP) is 0.901. The van der Waals surface area contributed by atoms with Crippen LogP contribution in [-0.4, -0.2) is 50.7 Å². The molecule has 0 aromatic rings. The first kappa shape index (κ1) is 15.7. The average Bonchev–Trinajstić information content (AvgIpc) is 2.28. The van der Waals surface area contributed by atoms with Gasteiger partial charge in [-0.05, 0) is 19.9 Å². The van der Waals surface area contributed by atoms with Crippen LogP contribution in [0.2, 0.25) is 0 Å². The molecule has 1 aliphatic rings. The molecule has 0 aromatic heterocycles. The zero-order valence-corrected chi connectivity index (χ0v) is 11.2. The van der Waals surface area contributed by atoms with Crippen LogP contribution in [-0.2, 0) is 9.53 Å². The molecule has 1 fully saturated rings. The van der Waals surface area contributed by atoms with Crippen LogP contribution in [0, 0.1) is 5.92 Å². The number of halogens is 1. The first-order chi connectivity index (χ1) is 7.19. The third-order valence-corrected chi connectivity index (χ3v) is 3.02. The Morgan fingerprint density at radius 3 is 2.50 bits per heavy atom. The van der Waals surface area contributed by atoms with E-state index < -0.39 is 0 Å². The summed E-state index contributed by atoms with van der Waals surface area (Å²) in [6.07, 6.45) is 2.27. The van der Waals surface area contributed by atoms with Gasteiger partial charge in [-0.25, -0.2) is 0 Å². The lowest BCUT2D eigenvalue weighted by Crippen LogP contribution is -2.44. The van der Waals surface area contributed by atoms with Crippen LogP contribution >= 0.6 is 12.4 Å². The van der Waals surface area contributed by atoms with Gasteiger partial charge >= 0.3 is 0 Å². The van der Waals surface area contributed by atoms with Crippen LogP contribution in [0.3, 0.4) is 0 Å². The molecular weight excluding hydrogens is 228 g/mol. The third kappa shape index (κ3) is 4.28. The summed E-state index contributed by atoms with van der Waals surface area (Å²) < 4.78 is 5.28. The van der Waals surface area contributed by atoms with E-state index in [1.807, 2.05) is 18.9 Å². The van der Waals surface area contributed by atoms with Gasteiger partial charge in [-0.2, -0.15) is 0 Å². The maximum atomic E-state index is 11.9. The molecule has 96 valence electrons. The number of nitrogens with one attached hydrogen (secondary N) is 1. The molecule has 0 spiro atoms. The highest BCUT2D eigenvalue weighted by atomic mass is 35.5. The predicted molar refractivity (Wildman–Crippen MR) is 66.9 cm³/mol. The highest BCUT2D eigenvalue weighted by molar-refractivity contribution is 5.85. The number of carbonyl (C=O) groups excluding carboxylic acids is 1. The van der Waals surface area contributed by atoms with E-state index in [4.69, 9.17) is 4.74 Å². The molecule has 1 heterocycles. The van der Waals surface area contributed by atoms with Crippen LogP contribution in [0.1, 0.15) is 19.8 Å². The van der Waals surface area contributed by atoms with Gasteiger partial charge in [0.05, 0.1) is 6.10 Å². The van der Waals surface area contributed by atoms with E-state index in [9.17, 15) is 4.79 Å². The lowest BCUT2D eigenvalue weighted by Gasteiger charge is -2.32. The molecule has 5 heteroatoms. The smallest absolute Gasteiger partial charge is 0.226 e. The van der Waals surface area contributed by atoms with E-state index in [0.29, 0.717) is 6.10 Å². The van der Waals surface area contributed by atoms with Crippen molar-refractivity contribution in [1.29, 1.82) is 0 Å². The van der Waals surface area contributed by atoms with Crippen LogP contribution in [0.5, 0.6) is 0 Å². The van der Waals surface area contributed by atoms with Crippen molar-refractivity contribution in [2.45, 2.75) is 25.9 Å². The SMILES string of the molecule is CNCC(C)C(=O)N1CCC(OC)CC1.Cl. The Bertz CT molecular complexity index is 206. The molecule has 1 aliphatic heterocycles. The molecule has 1 saturated heterocycles. The molecule has 1 atom stereocenters. The molecule has 0 saturated carbocycles. The van der Waals surface area contributed by atoms with Crippen molar-refractivity contribution in [1.82, 2.24) is 10.2 Å². The molecule has 1 amide bonds. The molecule has 0 aliphatic carbocycles. The summed E-state index contributed by atoms with van der Waals surface area (Å²) in [6, 6.07) is 0. The Morgan fingerprint density at radius 1 is 1.50 bits per heavy atom. The summed E-state index contributed by atoms with van der Waals surface area (Å²) in [6.45, 7) is 4.40. The van der Waals surface area contributed by atoms with Crippen molar-refractivity contribution in [2.75, 3.05) is 33.8 Å². The van der Waals surface area contributed by atoms with Crippen molar-refractivity contribution in [3.63, 3.8) is 0 Å². The summed E-state index contributed by atoms with van der Waals surface area (Å²) in [4.78, 5) is 13.9. The maximum Gasteiger partial charge on any atom is 0.226 e. The van der Waals surface area contributed by atoms with E-state index in [1.165, 1.54) is 0 Å². The van der Waals surface area contributed by atoms with E-state index in [2.05, 4.69) is 5.32 Å². The number of amides is 1. The fourth-order valence-electron chi connectivity index (χ4n) is 2.02. The second-order valence-corrected chi connectivity index (χ2v) is 4.22. The van der Waals surface area contributed by atoms with Gasteiger partial charge in [0.25, 0.3) is 0 Å². The van der Waals surface area contributed by atoms with Crippen molar-refractivity contribution >= 4 is 18.3 Å². The molecule has 4 nitrogen and oxygen atoms in total. The third-order valence-electron chi connectivity index (χ3n) is 3.02. The molecule has 1 rings (SSSR count). The lowest BCUT2D eigenvalue weighted by molar-refractivity contribution is -0.137. The number of ether oxygens (including phenoxy) is 1. The fourth-order valence-corrected chi connectivity index (χ4v) is 2.02. The van der Waals surface area contributed by atoms with Crippen LogP contribution in [0.4, 0.5) is 0 Å². The molecule has 0 bridgehead atoms. The minimum atomic E-state index is 0. The Balaban J connectivity index is 0.00000225. The molecule has 1 unspecified atom stereocenters. The summed E-state index contributed by atoms with van der Waals surface area (Å²) >= 11 is 0. The highest BCUT2D eigenvalue weighted by Gasteiger charge is 2.25. The topological polar surface area (TPSA) is 41.6 Å². The summed E-state index contributed by atoms with van der Waals surface area (Å²) in [7, 11) is 3.62. The first-order valence-electron chi connectivity index (χ1n) is 5.65. The average molecular weight is 251 g/mol. The minimum Gasteiger partial charge on any atom is -0.381 e. The van der Waals surface area contributed by atoms with Crippen molar-refractivity contribution in [2.24, 2.45) is 5.92 Å². The van der Waals surface area contributed by atoms with Crippen LogP contribution in [0.15, 0.2) is 0 Å². The number of methoxy groups -OCH3 is 1. The van der Waals surface area contributed by atoms with Gasteiger partial charge < -0.3 is 15.0 Å². The normalized spacial score (nSPS) is 19.1. The molecule has 16 heavy (non-hydrogen) atoms. The van der Waals surface area contributed by atoms with Gasteiger partial charge in [-0.15, -0.1) is 12.4 Å². The second-order valence-electron chi connectivity index (χ2n) is 4.22. The van der Waals surface area contributed by atoms with Gasteiger partial charge in [0.1, 0.15) is 0 Å². The molecule has 0 radical (unpaired) electrons. The standard InChI is InChI=1S/C11H22N2O2.ClH/c1-9(8-12-2)11(14)13-6-4-10(15-3)5-7-13;/h9-10,12H,4-8H2,1-3H3;1H. The van der Waals surface area contributed by atoms with E-state index in [-0.39, 0.29) is 24.2 Å². The molecule has 1 N–H and O–H groups in total. The van der Waals surface area contributed by atoms with Gasteiger partial charge in [0, 0.05) is 32.7 Å². The van der Waals surface area contributed by atoms with Crippen molar-refractivity contribution in [3.8, 4) is 0 Å². The Labute approximate surface area is 104 Å². The molecular formula is C11H23ClN2O2. The number of hydrogen-bond donors (Lipinski definition) is 1. The zero-order chi connectivity index (χ0) is 11.3. The minimum absolute atomic E-state index is 0. The highest BCUT2D eigenvalue weighted by Crippen LogP contribution is 2.14. The van der Waals surface area contributed by atoms with Gasteiger partial charge in [0.15, 0.2) is 0 Å². The Hall–Kier alpha value is -0.320. The summed E-state index contributed by atoms with van der Waals surface area (Å²) in [5.74, 6) is 0.341. The first-order valence-corrected chi connectivity index (χ1v) is 5.65. The lowest BCUT2D eigenvalue weighted by atomic mass is 10.0. The van der Waals surface area contributed by atoms with Crippen molar-refractivity contribution in [3.05, 3.63) is 0 Å². The zero-order valence-electron chi connectivity index (χ0n) is 10.4. The van der Waals surface area contributed by atoms with E-state index in [1.54, 1.807) is 7.11 Å². The number of rotatable bonds is 4. The van der Waals surface area contributed by atoms with Gasteiger partial charge in [0.2, 0.25) is 5.91 Å². The maximum absolute atomic E-state index is 11.9. The van der Waals surface area contributed by atoms with Gasteiger partial charge in [-0.1, -0.05) is 6.92 Å². The summed E-state index contributed by atoms with van der Waals surface area (Å²) in [5.41, 5.74) is 0.